The first-order chi connectivity index (χ1) is 8.22. The Labute approximate surface area is 118 Å². The van der Waals surface area contributed by atoms with Gasteiger partial charge >= 0.3 is 0 Å². The summed E-state index contributed by atoms with van der Waals surface area (Å²) in [7, 11) is 0. The van der Waals surface area contributed by atoms with Crippen molar-refractivity contribution >= 4 is 37.5 Å². The topological polar surface area (TPSA) is 25.2 Å². The fraction of sp³-hybridized carbons (Fsp3) is 0.231. The van der Waals surface area contributed by atoms with Crippen LogP contribution in [-0.2, 0) is 0 Å². The zero-order chi connectivity index (χ0) is 12.3. The maximum absolute atomic E-state index is 5.45. The third-order valence-electron chi connectivity index (χ3n) is 2.58. The molecule has 1 N–H and O–H groups in total. The van der Waals surface area contributed by atoms with Crippen molar-refractivity contribution in [1.29, 1.82) is 0 Å². The predicted molar refractivity (Wildman–Crippen MR) is 77.2 cm³/mol. The van der Waals surface area contributed by atoms with Crippen LogP contribution in [0.15, 0.2) is 50.0 Å². The van der Waals surface area contributed by atoms with Gasteiger partial charge in [-0.2, -0.15) is 0 Å². The van der Waals surface area contributed by atoms with E-state index >= 15 is 0 Å². The number of furan rings is 1. The molecule has 1 aromatic carbocycles. The van der Waals surface area contributed by atoms with E-state index in [-0.39, 0.29) is 6.04 Å². The molecule has 0 aliphatic heterocycles. The van der Waals surface area contributed by atoms with Gasteiger partial charge in [-0.15, -0.1) is 0 Å². The van der Waals surface area contributed by atoms with Gasteiger partial charge in [-0.1, -0.05) is 13.0 Å². The highest BCUT2D eigenvalue weighted by atomic mass is 79.9. The highest BCUT2D eigenvalue weighted by Gasteiger charge is 2.14. The minimum Gasteiger partial charge on any atom is -0.467 e. The molecule has 0 radical (unpaired) electrons. The van der Waals surface area contributed by atoms with Crippen LogP contribution in [0, 0.1) is 0 Å². The molecule has 1 unspecified atom stereocenters. The number of rotatable bonds is 4. The number of nitrogens with one attached hydrogen (secondary N) is 1. The second kappa shape index (κ2) is 5.74. The quantitative estimate of drug-likeness (QED) is 0.794. The number of anilines is 1. The van der Waals surface area contributed by atoms with Gasteiger partial charge in [-0.05, 0) is 62.5 Å². The lowest BCUT2D eigenvalue weighted by Crippen LogP contribution is -2.09. The van der Waals surface area contributed by atoms with Crippen molar-refractivity contribution in [1.82, 2.24) is 0 Å². The largest absolute Gasteiger partial charge is 0.467 e. The molecule has 90 valence electrons. The Bertz CT molecular complexity index is 462. The third-order valence-corrected chi connectivity index (χ3v) is 3.90. The summed E-state index contributed by atoms with van der Waals surface area (Å²) >= 11 is 7.09. The van der Waals surface area contributed by atoms with Gasteiger partial charge in [0.05, 0.1) is 18.0 Å². The summed E-state index contributed by atoms with van der Waals surface area (Å²) in [6.07, 6.45) is 2.66. The summed E-state index contributed by atoms with van der Waals surface area (Å²) in [5, 5.41) is 3.48. The molecule has 2 aromatic rings. The normalized spacial score (nSPS) is 12.4. The van der Waals surface area contributed by atoms with Gasteiger partial charge in [0.15, 0.2) is 0 Å². The zero-order valence-corrected chi connectivity index (χ0v) is 12.6. The smallest absolute Gasteiger partial charge is 0.125 e. The van der Waals surface area contributed by atoms with Crippen LogP contribution in [0.25, 0.3) is 0 Å². The molecule has 0 bridgehead atoms. The molecule has 0 saturated carbocycles. The Hall–Kier alpha value is -0.740. The number of benzene rings is 1. The first-order valence-electron chi connectivity index (χ1n) is 5.46. The number of hydrogen-bond donors (Lipinski definition) is 1. The Balaban J connectivity index is 2.25. The highest BCUT2D eigenvalue weighted by Crippen LogP contribution is 2.34. The van der Waals surface area contributed by atoms with E-state index in [4.69, 9.17) is 4.42 Å². The average molecular weight is 359 g/mol. The Morgan fingerprint density at radius 1 is 1.18 bits per heavy atom. The fourth-order valence-corrected chi connectivity index (χ4v) is 2.90. The zero-order valence-electron chi connectivity index (χ0n) is 9.41. The second-order valence-electron chi connectivity index (χ2n) is 3.72. The van der Waals surface area contributed by atoms with Crippen LogP contribution in [0.1, 0.15) is 25.1 Å². The Morgan fingerprint density at radius 2 is 1.88 bits per heavy atom. The number of hydrogen-bond acceptors (Lipinski definition) is 2. The van der Waals surface area contributed by atoms with Crippen LogP contribution in [-0.4, -0.2) is 0 Å². The molecule has 2 nitrogen and oxygen atoms in total. The van der Waals surface area contributed by atoms with E-state index in [1.165, 1.54) is 0 Å². The summed E-state index contributed by atoms with van der Waals surface area (Å²) < 4.78 is 7.52. The lowest BCUT2D eigenvalue weighted by atomic mass is 10.1. The van der Waals surface area contributed by atoms with Crippen molar-refractivity contribution in [3.05, 3.63) is 51.3 Å². The minimum atomic E-state index is 0.181. The van der Waals surface area contributed by atoms with Crippen molar-refractivity contribution in [2.45, 2.75) is 19.4 Å². The van der Waals surface area contributed by atoms with Gasteiger partial charge < -0.3 is 9.73 Å². The number of para-hydroxylation sites is 1. The summed E-state index contributed by atoms with van der Waals surface area (Å²) in [5.74, 6) is 0.954. The molecule has 17 heavy (non-hydrogen) atoms. The van der Waals surface area contributed by atoms with Crippen LogP contribution in [0.3, 0.4) is 0 Å². The molecule has 4 heteroatoms. The summed E-state index contributed by atoms with van der Waals surface area (Å²) in [5.41, 5.74) is 1.05. The lowest BCUT2D eigenvalue weighted by Gasteiger charge is -2.18. The molecule has 0 saturated heterocycles. The lowest BCUT2D eigenvalue weighted by molar-refractivity contribution is 0.474. The van der Waals surface area contributed by atoms with Crippen LogP contribution < -0.4 is 5.32 Å². The SMILES string of the molecule is CCC(Nc1c(Br)cccc1Br)c1ccco1. The van der Waals surface area contributed by atoms with Crippen LogP contribution in [0.5, 0.6) is 0 Å². The molecule has 1 heterocycles. The maximum Gasteiger partial charge on any atom is 0.125 e. The van der Waals surface area contributed by atoms with E-state index in [9.17, 15) is 0 Å². The van der Waals surface area contributed by atoms with E-state index < -0.39 is 0 Å². The fourth-order valence-electron chi connectivity index (χ4n) is 1.67. The van der Waals surface area contributed by atoms with Gasteiger partial charge in [0.1, 0.15) is 5.76 Å². The maximum atomic E-state index is 5.45. The van der Waals surface area contributed by atoms with E-state index in [1.54, 1.807) is 6.26 Å². The van der Waals surface area contributed by atoms with Crippen LogP contribution >= 0.6 is 31.9 Å². The second-order valence-corrected chi connectivity index (χ2v) is 5.43. The molecule has 0 amide bonds. The minimum absolute atomic E-state index is 0.181. The van der Waals surface area contributed by atoms with Crippen LogP contribution in [0.4, 0.5) is 5.69 Å². The van der Waals surface area contributed by atoms with E-state index in [2.05, 4.69) is 44.1 Å². The molecule has 1 aromatic heterocycles. The number of halogens is 2. The Morgan fingerprint density at radius 3 is 2.41 bits per heavy atom. The van der Waals surface area contributed by atoms with Crippen molar-refractivity contribution < 1.29 is 4.42 Å². The van der Waals surface area contributed by atoms with Gasteiger partial charge in [0.2, 0.25) is 0 Å². The van der Waals surface area contributed by atoms with Gasteiger partial charge in [-0.25, -0.2) is 0 Å². The average Bonchev–Trinajstić information content (AvgIpc) is 2.82. The molecule has 1 atom stereocenters. The summed E-state index contributed by atoms with van der Waals surface area (Å²) in [6, 6.07) is 10.1. The van der Waals surface area contributed by atoms with Gasteiger partial charge in [-0.3, -0.25) is 0 Å². The predicted octanol–water partition coefficient (Wildman–Crippen LogP) is 5.37. The van der Waals surface area contributed by atoms with Crippen molar-refractivity contribution in [3.63, 3.8) is 0 Å². The molecule has 0 aliphatic rings. The molecule has 0 fully saturated rings. The Kier molecular flexibility index (Phi) is 4.29. The van der Waals surface area contributed by atoms with Crippen molar-refractivity contribution in [2.24, 2.45) is 0 Å². The van der Waals surface area contributed by atoms with Crippen LogP contribution in [0.2, 0.25) is 0 Å². The monoisotopic (exact) mass is 357 g/mol. The standard InChI is InChI=1S/C13H13Br2NO/c1-2-11(12-7-4-8-17-12)16-13-9(14)5-3-6-10(13)15/h3-8,11,16H,2H2,1H3. The molecular weight excluding hydrogens is 346 g/mol. The van der Waals surface area contributed by atoms with Gasteiger partial charge in [0, 0.05) is 8.95 Å². The molecule has 0 spiro atoms. The van der Waals surface area contributed by atoms with Gasteiger partial charge in [0.25, 0.3) is 0 Å². The third kappa shape index (κ3) is 2.93. The molecule has 2 rings (SSSR count). The summed E-state index contributed by atoms with van der Waals surface area (Å²) in [6.45, 7) is 2.13. The summed E-state index contributed by atoms with van der Waals surface area (Å²) in [4.78, 5) is 0. The molecule has 0 aliphatic carbocycles. The molecular formula is C13H13Br2NO. The first kappa shape index (κ1) is 12.7. The first-order valence-corrected chi connectivity index (χ1v) is 7.05. The van der Waals surface area contributed by atoms with Crippen molar-refractivity contribution in [2.75, 3.05) is 5.32 Å². The van der Waals surface area contributed by atoms with E-state index in [0.29, 0.717) is 0 Å². The van der Waals surface area contributed by atoms with Crippen molar-refractivity contribution in [3.8, 4) is 0 Å². The highest BCUT2D eigenvalue weighted by molar-refractivity contribution is 9.11. The van der Waals surface area contributed by atoms with E-state index in [1.807, 2.05) is 30.3 Å². The van der Waals surface area contributed by atoms with E-state index in [0.717, 1.165) is 26.8 Å².